The third-order valence-corrected chi connectivity index (χ3v) is 3.53. The van der Waals surface area contributed by atoms with E-state index in [0.717, 1.165) is 6.07 Å². The molecule has 0 aliphatic carbocycles. The van der Waals surface area contributed by atoms with Crippen LogP contribution in [0.3, 0.4) is 0 Å². The van der Waals surface area contributed by atoms with E-state index in [1.807, 2.05) is 0 Å². The Morgan fingerprint density at radius 1 is 1.24 bits per heavy atom. The van der Waals surface area contributed by atoms with Gasteiger partial charge in [0.05, 0.1) is 0 Å². The van der Waals surface area contributed by atoms with Crippen LogP contribution in [0.4, 0.5) is 22.0 Å². The first-order valence-electron chi connectivity index (χ1n) is 6.56. The molecule has 2 rings (SSSR count). The van der Waals surface area contributed by atoms with Crippen molar-refractivity contribution in [3.8, 4) is 0 Å². The second-order valence-electron chi connectivity index (χ2n) is 5.12. The molecule has 0 N–H and O–H groups in total. The molecule has 7 heteroatoms. The van der Waals surface area contributed by atoms with Crippen LogP contribution in [0.15, 0.2) is 18.2 Å². The van der Waals surface area contributed by atoms with Gasteiger partial charge in [-0.25, -0.2) is 8.78 Å². The fraction of sp³-hybridized carbons (Fsp3) is 0.500. The molecule has 0 radical (unpaired) electrons. The van der Waals surface area contributed by atoms with Crippen LogP contribution >= 0.6 is 0 Å². The Bertz CT molecular complexity index is 529. The molecule has 0 aromatic heterocycles. The van der Waals surface area contributed by atoms with E-state index in [1.165, 1.54) is 12.1 Å². The predicted octanol–water partition coefficient (Wildman–Crippen LogP) is 3.62. The first-order chi connectivity index (χ1) is 9.78. The summed E-state index contributed by atoms with van der Waals surface area (Å²) in [4.78, 5) is 12.4. The highest BCUT2D eigenvalue weighted by Gasteiger charge is 2.35. The fourth-order valence-corrected chi connectivity index (χ4v) is 2.58. The molecule has 0 spiro atoms. The number of amides is 1. The predicted molar refractivity (Wildman–Crippen MR) is 65.6 cm³/mol. The van der Waals surface area contributed by atoms with Crippen molar-refractivity contribution >= 4 is 5.91 Å². The van der Waals surface area contributed by atoms with Crippen molar-refractivity contribution in [2.45, 2.75) is 31.4 Å². The van der Waals surface area contributed by atoms with Crippen molar-refractivity contribution in [1.29, 1.82) is 0 Å². The van der Waals surface area contributed by atoms with Gasteiger partial charge in [0.1, 0.15) is 6.54 Å². The molecule has 1 saturated heterocycles. The number of benzene rings is 1. The van der Waals surface area contributed by atoms with E-state index >= 15 is 0 Å². The number of hydrogen-bond acceptors (Lipinski definition) is 1. The largest absolute Gasteiger partial charge is 0.406 e. The van der Waals surface area contributed by atoms with Crippen molar-refractivity contribution in [2.75, 3.05) is 13.1 Å². The normalized spacial score (nSPS) is 20.5. The lowest BCUT2D eigenvalue weighted by Gasteiger charge is -2.26. The first-order valence-corrected chi connectivity index (χ1v) is 6.56. The quantitative estimate of drug-likeness (QED) is 0.764. The molecule has 2 nitrogen and oxygen atoms in total. The molecular formula is C14H14F5NO. The molecule has 1 fully saturated rings. The van der Waals surface area contributed by atoms with Gasteiger partial charge in [-0.15, -0.1) is 0 Å². The summed E-state index contributed by atoms with van der Waals surface area (Å²) < 4.78 is 64.5. The second kappa shape index (κ2) is 5.99. The van der Waals surface area contributed by atoms with Gasteiger partial charge >= 0.3 is 6.18 Å². The van der Waals surface area contributed by atoms with Crippen LogP contribution in [0.2, 0.25) is 0 Å². The molecular weight excluding hydrogens is 293 g/mol. The van der Waals surface area contributed by atoms with Crippen LogP contribution in [-0.4, -0.2) is 30.1 Å². The highest BCUT2D eigenvalue weighted by molar-refractivity contribution is 5.76. The summed E-state index contributed by atoms with van der Waals surface area (Å²) >= 11 is 0. The molecule has 1 aliphatic rings. The van der Waals surface area contributed by atoms with E-state index in [1.54, 1.807) is 0 Å². The maximum atomic E-state index is 13.8. The summed E-state index contributed by atoms with van der Waals surface area (Å²) in [6.45, 7) is -1.61. The summed E-state index contributed by atoms with van der Waals surface area (Å²) in [5.41, 5.74) is 0.0249. The van der Waals surface area contributed by atoms with Gasteiger partial charge in [0.25, 0.3) is 0 Å². The Balaban J connectivity index is 2.24. The Morgan fingerprint density at radius 3 is 2.62 bits per heavy atom. The van der Waals surface area contributed by atoms with Crippen LogP contribution in [0.1, 0.15) is 30.7 Å². The van der Waals surface area contributed by atoms with E-state index in [-0.39, 0.29) is 18.5 Å². The van der Waals surface area contributed by atoms with E-state index in [2.05, 4.69) is 0 Å². The van der Waals surface area contributed by atoms with Crippen LogP contribution in [0, 0.1) is 11.6 Å². The lowest BCUT2D eigenvalue weighted by Crippen LogP contribution is -2.40. The number of carbonyl (C=O) groups is 1. The van der Waals surface area contributed by atoms with Gasteiger partial charge in [0.2, 0.25) is 5.91 Å². The zero-order valence-electron chi connectivity index (χ0n) is 11.1. The Hall–Kier alpha value is -1.66. The fourth-order valence-electron chi connectivity index (χ4n) is 2.58. The van der Waals surface area contributed by atoms with Crippen molar-refractivity contribution in [2.24, 2.45) is 0 Å². The lowest BCUT2D eigenvalue weighted by atomic mass is 9.93. The van der Waals surface area contributed by atoms with E-state index in [9.17, 15) is 26.7 Å². The SMILES string of the molecule is O=C1CCC[C@@H](c2cccc(F)c2F)CN1CC(F)(F)F. The molecule has 0 bridgehead atoms. The number of rotatable bonds is 2. The van der Waals surface area contributed by atoms with Crippen LogP contribution in [-0.2, 0) is 4.79 Å². The molecule has 116 valence electrons. The standard InChI is InChI=1S/C14H14F5NO/c15-11-5-2-4-10(13(11)16)9-3-1-6-12(21)20(7-9)8-14(17,18)19/h2,4-5,9H,1,3,6-8H2/t9-/m1/s1. The van der Waals surface area contributed by atoms with Crippen molar-refractivity contribution in [3.63, 3.8) is 0 Å². The molecule has 1 atom stereocenters. The van der Waals surface area contributed by atoms with Gasteiger partial charge in [-0.2, -0.15) is 13.2 Å². The van der Waals surface area contributed by atoms with Gasteiger partial charge in [0, 0.05) is 18.9 Å². The van der Waals surface area contributed by atoms with E-state index in [4.69, 9.17) is 0 Å². The first kappa shape index (κ1) is 15.7. The number of carbonyl (C=O) groups excluding carboxylic acids is 1. The molecule has 21 heavy (non-hydrogen) atoms. The summed E-state index contributed by atoms with van der Waals surface area (Å²) in [6.07, 6.45) is -3.82. The maximum Gasteiger partial charge on any atom is 0.406 e. The number of alkyl halides is 3. The third-order valence-electron chi connectivity index (χ3n) is 3.53. The molecule has 1 heterocycles. The monoisotopic (exact) mass is 307 g/mol. The zero-order chi connectivity index (χ0) is 15.6. The summed E-state index contributed by atoms with van der Waals surface area (Å²) in [6, 6.07) is 3.62. The van der Waals surface area contributed by atoms with Crippen molar-refractivity contribution in [1.82, 2.24) is 4.90 Å². The molecule has 1 aromatic carbocycles. The maximum absolute atomic E-state index is 13.8. The van der Waals surface area contributed by atoms with Gasteiger partial charge in [-0.05, 0) is 24.5 Å². The number of hydrogen-bond donors (Lipinski definition) is 0. The molecule has 1 aromatic rings. The number of nitrogens with zero attached hydrogens (tertiary/aromatic N) is 1. The minimum absolute atomic E-state index is 0.0104. The van der Waals surface area contributed by atoms with E-state index in [0.29, 0.717) is 17.7 Å². The lowest BCUT2D eigenvalue weighted by molar-refractivity contribution is -0.160. The summed E-state index contributed by atoms with van der Waals surface area (Å²) in [7, 11) is 0. The highest BCUT2D eigenvalue weighted by Crippen LogP contribution is 2.31. The van der Waals surface area contributed by atoms with Gasteiger partial charge in [-0.3, -0.25) is 4.79 Å². The number of halogens is 5. The minimum Gasteiger partial charge on any atom is -0.333 e. The van der Waals surface area contributed by atoms with Gasteiger partial charge < -0.3 is 4.90 Å². The highest BCUT2D eigenvalue weighted by atomic mass is 19.4. The smallest absolute Gasteiger partial charge is 0.333 e. The zero-order valence-corrected chi connectivity index (χ0v) is 11.1. The van der Waals surface area contributed by atoms with Crippen molar-refractivity contribution < 1.29 is 26.7 Å². The molecule has 1 aliphatic heterocycles. The van der Waals surface area contributed by atoms with Crippen LogP contribution in [0.25, 0.3) is 0 Å². The Kier molecular flexibility index (Phi) is 4.49. The molecule has 1 amide bonds. The minimum atomic E-state index is -4.51. The van der Waals surface area contributed by atoms with Crippen LogP contribution < -0.4 is 0 Å². The van der Waals surface area contributed by atoms with Crippen LogP contribution in [0.5, 0.6) is 0 Å². The van der Waals surface area contributed by atoms with E-state index < -0.39 is 36.2 Å². The topological polar surface area (TPSA) is 20.3 Å². The second-order valence-corrected chi connectivity index (χ2v) is 5.12. The average molecular weight is 307 g/mol. The summed E-state index contributed by atoms with van der Waals surface area (Å²) in [5.74, 6) is -3.32. The third kappa shape index (κ3) is 3.92. The average Bonchev–Trinajstić information content (AvgIpc) is 2.54. The number of likely N-dealkylation sites (tertiary alicyclic amines) is 1. The molecule has 0 unspecified atom stereocenters. The Labute approximate surface area is 118 Å². The molecule has 0 saturated carbocycles. The van der Waals surface area contributed by atoms with Crippen molar-refractivity contribution in [3.05, 3.63) is 35.4 Å². The Morgan fingerprint density at radius 2 is 1.95 bits per heavy atom. The van der Waals surface area contributed by atoms with Gasteiger partial charge in [0.15, 0.2) is 11.6 Å². The van der Waals surface area contributed by atoms with Gasteiger partial charge in [-0.1, -0.05) is 12.1 Å². The summed E-state index contributed by atoms with van der Waals surface area (Å²) in [5, 5.41) is 0.